The largest absolute Gasteiger partial charge is 0.326 e. The lowest BCUT2D eigenvalue weighted by Gasteiger charge is -2.32. The Morgan fingerprint density at radius 1 is 0.935 bits per heavy atom. The van der Waals surface area contributed by atoms with Gasteiger partial charge in [0.05, 0.1) is 22.1 Å². The van der Waals surface area contributed by atoms with Gasteiger partial charge in [-0.2, -0.15) is 0 Å². The lowest BCUT2D eigenvalue weighted by Crippen LogP contribution is -2.37. The van der Waals surface area contributed by atoms with Gasteiger partial charge in [0.15, 0.2) is 0 Å². The number of rotatable bonds is 5. The molecule has 1 saturated heterocycles. The average molecular weight is 444 g/mol. The molecule has 2 N–H and O–H groups in total. The van der Waals surface area contributed by atoms with Crippen LogP contribution in [-0.4, -0.2) is 43.6 Å². The summed E-state index contributed by atoms with van der Waals surface area (Å²) < 4.78 is 16.9. The van der Waals surface area contributed by atoms with Gasteiger partial charge in [-0.05, 0) is 62.2 Å². The fourth-order valence-electron chi connectivity index (χ4n) is 4.68. The van der Waals surface area contributed by atoms with Crippen molar-refractivity contribution in [1.82, 2.24) is 24.0 Å². The van der Waals surface area contributed by atoms with E-state index in [9.17, 15) is 14.0 Å². The van der Waals surface area contributed by atoms with Gasteiger partial charge in [0.25, 0.3) is 0 Å². The van der Waals surface area contributed by atoms with Crippen LogP contribution in [0.25, 0.3) is 22.1 Å². The second kappa shape index (κ2) is 8.01. The first-order valence-electron chi connectivity index (χ1n) is 10.5. The van der Waals surface area contributed by atoms with E-state index in [1.54, 1.807) is 16.7 Å². The lowest BCUT2D eigenvalue weighted by atomic mass is 10.0. The highest BCUT2D eigenvalue weighted by Crippen LogP contribution is 2.26. The third-order valence-corrected chi connectivity index (χ3v) is 6.43. The first-order chi connectivity index (χ1) is 15.0. The second-order valence-corrected chi connectivity index (χ2v) is 8.57. The predicted molar refractivity (Wildman–Crippen MR) is 119 cm³/mol. The Kier molecular flexibility index (Phi) is 5.19. The molecule has 2 aromatic heterocycles. The van der Waals surface area contributed by atoms with E-state index in [1.165, 1.54) is 12.1 Å². The minimum atomic E-state index is -0.360. The van der Waals surface area contributed by atoms with E-state index < -0.39 is 0 Å². The molecule has 1 fully saturated rings. The number of piperidine rings is 1. The summed E-state index contributed by atoms with van der Waals surface area (Å²) in [4.78, 5) is 32.7. The van der Waals surface area contributed by atoms with Crippen LogP contribution in [0.15, 0.2) is 46.0 Å². The number of aromatic amines is 2. The Bertz CT molecular complexity index is 1360. The molecule has 7 nitrogen and oxygen atoms in total. The van der Waals surface area contributed by atoms with Crippen LogP contribution in [0.3, 0.4) is 0 Å². The van der Waals surface area contributed by atoms with Crippen LogP contribution in [0.4, 0.5) is 4.39 Å². The van der Waals surface area contributed by atoms with E-state index in [2.05, 4.69) is 14.9 Å². The second-order valence-electron chi connectivity index (χ2n) is 8.13. The molecule has 0 saturated carbocycles. The van der Waals surface area contributed by atoms with Crippen molar-refractivity contribution in [3.05, 3.63) is 68.2 Å². The van der Waals surface area contributed by atoms with Gasteiger partial charge in [-0.15, -0.1) is 0 Å². The number of nitrogens with zero attached hydrogens (tertiary/aromatic N) is 3. The number of imidazole rings is 2. The summed E-state index contributed by atoms with van der Waals surface area (Å²) in [6, 6.07) is 10.0. The van der Waals surface area contributed by atoms with Gasteiger partial charge in [-0.1, -0.05) is 11.6 Å². The maximum Gasteiger partial charge on any atom is 0.326 e. The number of hydrogen-bond donors (Lipinski definition) is 2. The van der Waals surface area contributed by atoms with Crippen molar-refractivity contribution in [3.63, 3.8) is 0 Å². The van der Waals surface area contributed by atoms with Gasteiger partial charge in [0, 0.05) is 30.7 Å². The summed E-state index contributed by atoms with van der Waals surface area (Å²) in [6.45, 7) is 3.23. The van der Waals surface area contributed by atoms with E-state index in [0.29, 0.717) is 17.1 Å². The summed E-state index contributed by atoms with van der Waals surface area (Å²) in [5.74, 6) is -0.360. The molecule has 1 aliphatic heterocycles. The number of benzene rings is 2. The Hall–Kier alpha value is -2.84. The molecular weight excluding hydrogens is 421 g/mol. The number of likely N-dealkylation sites (tertiary alicyclic amines) is 1. The van der Waals surface area contributed by atoms with Crippen LogP contribution in [-0.2, 0) is 6.54 Å². The van der Waals surface area contributed by atoms with E-state index in [1.807, 2.05) is 16.7 Å². The minimum absolute atomic E-state index is 0.0918. The van der Waals surface area contributed by atoms with Crippen molar-refractivity contribution in [2.45, 2.75) is 31.8 Å². The van der Waals surface area contributed by atoms with Gasteiger partial charge in [-0.25, -0.2) is 14.0 Å². The zero-order chi connectivity index (χ0) is 21.5. The van der Waals surface area contributed by atoms with Gasteiger partial charge in [0.2, 0.25) is 0 Å². The molecule has 0 aliphatic carbocycles. The molecule has 162 valence electrons. The monoisotopic (exact) mass is 443 g/mol. The highest BCUT2D eigenvalue weighted by molar-refractivity contribution is 6.31. The SMILES string of the molecule is O=c1[nH]c2cc(F)ccc2n1CCCN1CCC(n2c(=O)[nH]c3cc(Cl)ccc32)CC1. The van der Waals surface area contributed by atoms with Crippen molar-refractivity contribution < 1.29 is 4.39 Å². The lowest BCUT2D eigenvalue weighted by molar-refractivity contribution is 0.183. The number of aromatic nitrogens is 4. The zero-order valence-corrected chi connectivity index (χ0v) is 17.7. The van der Waals surface area contributed by atoms with E-state index in [4.69, 9.17) is 11.6 Å². The molecule has 31 heavy (non-hydrogen) atoms. The molecule has 2 aromatic carbocycles. The number of nitrogens with one attached hydrogen (secondary N) is 2. The Morgan fingerprint density at radius 2 is 1.65 bits per heavy atom. The normalized spacial score (nSPS) is 15.9. The highest BCUT2D eigenvalue weighted by Gasteiger charge is 2.23. The molecular formula is C22H23ClFN5O2. The molecule has 0 amide bonds. The van der Waals surface area contributed by atoms with Crippen LogP contribution in [0, 0.1) is 5.82 Å². The van der Waals surface area contributed by atoms with Gasteiger partial charge in [0.1, 0.15) is 5.82 Å². The molecule has 0 bridgehead atoms. The van der Waals surface area contributed by atoms with Crippen LogP contribution >= 0.6 is 11.6 Å². The van der Waals surface area contributed by atoms with Crippen molar-refractivity contribution in [2.24, 2.45) is 0 Å². The molecule has 0 atom stereocenters. The quantitative estimate of drug-likeness (QED) is 0.495. The van der Waals surface area contributed by atoms with Crippen LogP contribution in [0.2, 0.25) is 5.02 Å². The van der Waals surface area contributed by atoms with Crippen molar-refractivity contribution >= 4 is 33.7 Å². The van der Waals surface area contributed by atoms with Crippen molar-refractivity contribution in [2.75, 3.05) is 19.6 Å². The predicted octanol–water partition coefficient (Wildman–Crippen LogP) is 3.49. The molecule has 1 aliphatic rings. The van der Waals surface area contributed by atoms with Crippen LogP contribution in [0.1, 0.15) is 25.3 Å². The Morgan fingerprint density at radius 3 is 2.45 bits per heavy atom. The summed E-state index contributed by atoms with van der Waals surface area (Å²) in [5.41, 5.74) is 2.61. The van der Waals surface area contributed by atoms with Gasteiger partial charge in [-0.3, -0.25) is 9.13 Å². The fraction of sp³-hybridized carbons (Fsp3) is 0.364. The molecule has 3 heterocycles. The standard InChI is InChI=1S/C22H23ClFN5O2/c23-14-2-4-20-17(12-14)26-22(31)29(20)16-6-10-27(11-7-16)8-1-9-28-19-5-3-15(24)13-18(19)25-21(28)30/h2-5,12-13,16H,1,6-11H2,(H,25,30)(H,26,31). The minimum Gasteiger partial charge on any atom is -0.305 e. The zero-order valence-electron chi connectivity index (χ0n) is 16.9. The third kappa shape index (κ3) is 3.81. The van der Waals surface area contributed by atoms with Crippen LogP contribution < -0.4 is 11.4 Å². The van der Waals surface area contributed by atoms with E-state index in [-0.39, 0.29) is 23.2 Å². The van der Waals surface area contributed by atoms with Gasteiger partial charge >= 0.3 is 11.4 Å². The van der Waals surface area contributed by atoms with Crippen molar-refractivity contribution in [3.8, 4) is 0 Å². The summed E-state index contributed by atoms with van der Waals surface area (Å²) >= 11 is 6.04. The van der Waals surface area contributed by atoms with Crippen LogP contribution in [0.5, 0.6) is 0 Å². The third-order valence-electron chi connectivity index (χ3n) is 6.19. The maximum atomic E-state index is 13.4. The van der Waals surface area contributed by atoms with E-state index in [0.717, 1.165) is 55.4 Å². The first kappa shape index (κ1) is 20.1. The van der Waals surface area contributed by atoms with Gasteiger partial charge < -0.3 is 14.9 Å². The number of aryl methyl sites for hydroxylation is 1. The topological polar surface area (TPSA) is 78.8 Å². The average Bonchev–Trinajstić information content (AvgIpc) is 3.23. The molecule has 9 heteroatoms. The first-order valence-corrected chi connectivity index (χ1v) is 10.9. The molecule has 4 aromatic rings. The number of hydrogen-bond acceptors (Lipinski definition) is 3. The molecule has 0 radical (unpaired) electrons. The summed E-state index contributed by atoms with van der Waals surface area (Å²) in [6.07, 6.45) is 2.60. The highest BCUT2D eigenvalue weighted by atomic mass is 35.5. The molecule has 0 spiro atoms. The summed E-state index contributed by atoms with van der Waals surface area (Å²) in [5, 5.41) is 0.607. The molecule has 5 rings (SSSR count). The smallest absolute Gasteiger partial charge is 0.305 e. The summed E-state index contributed by atoms with van der Waals surface area (Å²) in [7, 11) is 0. The number of halogens is 2. The molecule has 0 unspecified atom stereocenters. The number of fused-ring (bicyclic) bond motifs is 2. The fourth-order valence-corrected chi connectivity index (χ4v) is 4.85. The Balaban J connectivity index is 1.21. The Labute approximate surface area is 182 Å². The number of H-pyrrole nitrogens is 2. The van der Waals surface area contributed by atoms with Crippen molar-refractivity contribution in [1.29, 1.82) is 0 Å². The van der Waals surface area contributed by atoms with E-state index >= 15 is 0 Å². The maximum absolute atomic E-state index is 13.4.